The Kier molecular flexibility index (Phi) is 8.33. The third kappa shape index (κ3) is 6.99. The van der Waals surface area contributed by atoms with Crippen LogP contribution in [0, 0.1) is 11.3 Å². The minimum Gasteiger partial charge on any atom is -0.352 e. The van der Waals surface area contributed by atoms with Crippen molar-refractivity contribution >= 4 is 54.8 Å². The van der Waals surface area contributed by atoms with E-state index in [1.54, 1.807) is 30.3 Å². The molecule has 4 aromatic rings. The van der Waals surface area contributed by atoms with Crippen molar-refractivity contribution in [2.24, 2.45) is 0 Å². The van der Waals surface area contributed by atoms with Crippen LogP contribution in [-0.4, -0.2) is 43.7 Å². The molecule has 1 atom stereocenters. The lowest BCUT2D eigenvalue weighted by atomic mass is 10.0. The lowest BCUT2D eigenvalue weighted by Crippen LogP contribution is -2.41. The number of sulfone groups is 1. The van der Waals surface area contributed by atoms with Crippen LogP contribution < -0.4 is 16.0 Å². The Balaban J connectivity index is 1.47. The van der Waals surface area contributed by atoms with Gasteiger partial charge in [-0.3, -0.25) is 14.4 Å². The molecule has 1 aromatic heterocycles. The van der Waals surface area contributed by atoms with E-state index in [0.717, 1.165) is 35.3 Å². The van der Waals surface area contributed by atoms with Gasteiger partial charge in [0.25, 0.3) is 0 Å². The highest BCUT2D eigenvalue weighted by atomic mass is 32.2. The van der Waals surface area contributed by atoms with E-state index in [2.05, 4.69) is 20.9 Å². The molecule has 1 aliphatic rings. The molecule has 5 rings (SSSR count). The molecule has 1 saturated carbocycles. The van der Waals surface area contributed by atoms with Crippen LogP contribution in [0.3, 0.4) is 0 Å². The maximum absolute atomic E-state index is 13.8. The zero-order chi connectivity index (χ0) is 29.9. The molecule has 0 bridgehead atoms. The van der Waals surface area contributed by atoms with Crippen molar-refractivity contribution in [1.82, 2.24) is 15.6 Å². The summed E-state index contributed by atoms with van der Waals surface area (Å²) >= 11 is 1.08. The van der Waals surface area contributed by atoms with Crippen LogP contribution in [0.2, 0.25) is 0 Å². The van der Waals surface area contributed by atoms with Crippen molar-refractivity contribution in [1.29, 1.82) is 5.26 Å². The third-order valence-electron chi connectivity index (χ3n) is 6.53. The van der Waals surface area contributed by atoms with Gasteiger partial charge >= 0.3 is 0 Å². The fraction of sp³-hybridized carbons (Fsp3) is 0.233. The van der Waals surface area contributed by atoms with Crippen molar-refractivity contribution in [2.45, 2.75) is 36.8 Å². The summed E-state index contributed by atoms with van der Waals surface area (Å²) < 4.78 is 28.2. The molecule has 3 N–H and O–H groups in total. The highest BCUT2D eigenvalue weighted by Crippen LogP contribution is 2.35. The van der Waals surface area contributed by atoms with Gasteiger partial charge in [0.2, 0.25) is 17.7 Å². The number of hydrogen-bond acceptors (Lipinski definition) is 8. The van der Waals surface area contributed by atoms with Crippen LogP contribution >= 0.6 is 11.3 Å². The summed E-state index contributed by atoms with van der Waals surface area (Å²) in [4.78, 5) is 41.6. The van der Waals surface area contributed by atoms with Crippen LogP contribution in [-0.2, 0) is 30.0 Å². The number of benzene rings is 3. The smallest absolute Gasteiger partial charge is 0.245 e. The largest absolute Gasteiger partial charge is 0.352 e. The van der Waals surface area contributed by atoms with Crippen molar-refractivity contribution < 1.29 is 22.8 Å². The van der Waals surface area contributed by atoms with E-state index in [1.807, 2.05) is 36.4 Å². The van der Waals surface area contributed by atoms with Crippen molar-refractivity contribution in [2.75, 3.05) is 11.9 Å². The number of aromatic nitrogens is 1. The van der Waals surface area contributed by atoms with E-state index in [-0.39, 0.29) is 29.4 Å². The van der Waals surface area contributed by atoms with Gasteiger partial charge in [0.05, 0.1) is 34.1 Å². The van der Waals surface area contributed by atoms with E-state index in [0.29, 0.717) is 27.0 Å². The number of thiazole rings is 1. The summed E-state index contributed by atoms with van der Waals surface area (Å²) in [7, 11) is -4.18. The molecule has 1 fully saturated rings. The lowest BCUT2D eigenvalue weighted by molar-refractivity contribution is -0.126. The molecular formula is C30H27N5O5S2. The SMILES string of the molecule is CC(=O)Nc1cccc(-c2ccc3nc(C(C(=O)NCC(=O)NC4CC4)S(=O)(=O)Cc4cccc(C#N)c4)sc3c2)c1. The molecule has 214 valence electrons. The van der Waals surface area contributed by atoms with Gasteiger partial charge in [-0.1, -0.05) is 30.3 Å². The zero-order valence-corrected chi connectivity index (χ0v) is 24.2. The topological polar surface area (TPSA) is 158 Å². The normalized spacial score (nSPS) is 13.6. The molecule has 10 nitrogen and oxygen atoms in total. The summed E-state index contributed by atoms with van der Waals surface area (Å²) in [5, 5.41) is 15.6. The molecule has 1 heterocycles. The average Bonchev–Trinajstić information content (AvgIpc) is 3.66. The zero-order valence-electron chi connectivity index (χ0n) is 22.6. The second-order valence-electron chi connectivity index (χ2n) is 10.1. The van der Waals surface area contributed by atoms with Gasteiger partial charge in [-0.25, -0.2) is 13.4 Å². The standard InChI is InChI=1S/C30H27N5O5S2/c1-18(36)33-24-7-3-6-21(13-24)22-8-11-25-26(14-22)41-30(35-25)28(29(38)32-16-27(37)34-23-9-10-23)42(39,40)17-20-5-2-4-19(12-20)15-31/h2-8,11-14,23,28H,9-10,16-17H2,1H3,(H,32,38)(H,33,36)(H,34,37). The molecule has 12 heteroatoms. The summed E-state index contributed by atoms with van der Waals surface area (Å²) in [5.41, 5.74) is 3.47. The van der Waals surface area contributed by atoms with Crippen LogP contribution in [0.1, 0.15) is 41.1 Å². The number of nitrogens with zero attached hydrogens (tertiary/aromatic N) is 2. The van der Waals surface area contributed by atoms with Gasteiger partial charge in [0.15, 0.2) is 15.1 Å². The molecule has 3 amide bonds. The van der Waals surface area contributed by atoms with Gasteiger partial charge in [0, 0.05) is 18.7 Å². The summed E-state index contributed by atoms with van der Waals surface area (Å²) in [6, 6.07) is 21.0. The van der Waals surface area contributed by atoms with E-state index in [1.165, 1.54) is 13.0 Å². The number of rotatable bonds is 10. The highest BCUT2D eigenvalue weighted by molar-refractivity contribution is 7.91. The molecule has 0 spiro atoms. The third-order valence-corrected chi connectivity index (χ3v) is 9.66. The van der Waals surface area contributed by atoms with Crippen molar-refractivity contribution in [3.8, 4) is 17.2 Å². The number of nitriles is 1. The molecule has 0 saturated heterocycles. The average molecular weight is 602 g/mol. The number of hydrogen-bond donors (Lipinski definition) is 3. The molecule has 3 aromatic carbocycles. The molecule has 1 unspecified atom stereocenters. The first-order chi connectivity index (χ1) is 20.1. The summed E-state index contributed by atoms with van der Waals surface area (Å²) in [6.07, 6.45) is 1.76. The van der Waals surface area contributed by atoms with Crippen LogP contribution in [0.4, 0.5) is 5.69 Å². The van der Waals surface area contributed by atoms with E-state index >= 15 is 0 Å². The number of anilines is 1. The minimum absolute atomic E-state index is 0.0747. The first-order valence-electron chi connectivity index (χ1n) is 13.2. The first kappa shape index (κ1) is 28.9. The van der Waals surface area contributed by atoms with Crippen LogP contribution in [0.5, 0.6) is 0 Å². The van der Waals surface area contributed by atoms with Gasteiger partial charge in [-0.15, -0.1) is 11.3 Å². The maximum Gasteiger partial charge on any atom is 0.245 e. The second kappa shape index (κ2) is 12.1. The Morgan fingerprint density at radius 1 is 1.05 bits per heavy atom. The maximum atomic E-state index is 13.8. The summed E-state index contributed by atoms with van der Waals surface area (Å²) in [6.45, 7) is 1.07. The Bertz CT molecular complexity index is 1840. The molecule has 0 aliphatic heterocycles. The van der Waals surface area contributed by atoms with Crippen LogP contribution in [0.25, 0.3) is 21.3 Å². The predicted molar refractivity (Wildman–Crippen MR) is 160 cm³/mol. The number of carbonyl (C=O) groups excluding carboxylic acids is 3. The van der Waals surface area contributed by atoms with Crippen molar-refractivity contribution in [3.05, 3.63) is 82.9 Å². The lowest BCUT2D eigenvalue weighted by Gasteiger charge is -2.16. The Morgan fingerprint density at radius 2 is 1.81 bits per heavy atom. The first-order valence-corrected chi connectivity index (χ1v) is 15.7. The number of fused-ring (bicyclic) bond motifs is 1. The van der Waals surface area contributed by atoms with Gasteiger partial charge in [0.1, 0.15) is 5.01 Å². The number of carbonyl (C=O) groups is 3. The molecule has 42 heavy (non-hydrogen) atoms. The van der Waals surface area contributed by atoms with Gasteiger partial charge < -0.3 is 16.0 Å². The predicted octanol–water partition coefficient (Wildman–Crippen LogP) is 3.84. The van der Waals surface area contributed by atoms with Crippen LogP contribution in [0.15, 0.2) is 66.7 Å². The Morgan fingerprint density at radius 3 is 2.55 bits per heavy atom. The quantitative estimate of drug-likeness (QED) is 0.249. The molecular weight excluding hydrogens is 574 g/mol. The van der Waals surface area contributed by atoms with E-state index in [4.69, 9.17) is 0 Å². The Hall–Kier alpha value is -4.60. The fourth-order valence-electron chi connectivity index (χ4n) is 4.46. The van der Waals surface area contributed by atoms with Crippen molar-refractivity contribution in [3.63, 3.8) is 0 Å². The van der Waals surface area contributed by atoms with E-state index < -0.39 is 26.7 Å². The summed E-state index contributed by atoms with van der Waals surface area (Å²) in [5.74, 6) is -1.92. The number of amides is 3. The number of nitrogens with one attached hydrogen (secondary N) is 3. The van der Waals surface area contributed by atoms with Gasteiger partial charge in [-0.2, -0.15) is 5.26 Å². The second-order valence-corrected chi connectivity index (χ2v) is 13.2. The Labute approximate surface area is 246 Å². The fourth-order valence-corrected chi connectivity index (χ4v) is 7.61. The molecule has 0 radical (unpaired) electrons. The van der Waals surface area contributed by atoms with E-state index in [9.17, 15) is 28.1 Å². The monoisotopic (exact) mass is 601 g/mol. The molecule has 1 aliphatic carbocycles. The minimum atomic E-state index is -4.18. The van der Waals surface area contributed by atoms with Gasteiger partial charge in [-0.05, 0) is 65.9 Å². The highest BCUT2D eigenvalue weighted by Gasteiger charge is 2.37.